The largest absolute Gasteiger partial charge is 0.383 e. The highest BCUT2D eigenvalue weighted by atomic mass is 16.6. The summed E-state index contributed by atoms with van der Waals surface area (Å²) in [7, 11) is 0. The Hall–Kier alpha value is -4.40. The number of rotatable bonds is 20. The summed E-state index contributed by atoms with van der Waals surface area (Å²) in [4.78, 5) is 26.9. The minimum atomic E-state index is 0.0961. The number of benzene rings is 2. The predicted molar refractivity (Wildman–Crippen MR) is 191 cm³/mol. The topological polar surface area (TPSA) is 152 Å². The van der Waals surface area contributed by atoms with E-state index in [9.17, 15) is 4.79 Å². The van der Waals surface area contributed by atoms with Crippen LogP contribution in [0.25, 0.3) is 33.2 Å². The number of amides is 1. The van der Waals surface area contributed by atoms with E-state index in [2.05, 4.69) is 46.1 Å². The molecule has 13 heteroatoms. The van der Waals surface area contributed by atoms with Crippen LogP contribution in [-0.2, 0) is 48.0 Å². The summed E-state index contributed by atoms with van der Waals surface area (Å²) in [5.74, 6) is 0.501. The van der Waals surface area contributed by atoms with E-state index in [-0.39, 0.29) is 5.91 Å². The third-order valence-corrected chi connectivity index (χ3v) is 8.65. The van der Waals surface area contributed by atoms with Crippen LogP contribution in [0.3, 0.4) is 0 Å². The van der Waals surface area contributed by atoms with Crippen LogP contribution in [0.2, 0.25) is 0 Å². The minimum absolute atomic E-state index is 0.0961. The van der Waals surface area contributed by atoms with Gasteiger partial charge in [-0.05, 0) is 47.7 Å². The van der Waals surface area contributed by atoms with Crippen LogP contribution in [-0.4, -0.2) is 108 Å². The van der Waals surface area contributed by atoms with Crippen molar-refractivity contribution in [3.8, 4) is 11.3 Å². The minimum Gasteiger partial charge on any atom is -0.383 e. The third-order valence-electron chi connectivity index (χ3n) is 8.65. The van der Waals surface area contributed by atoms with Gasteiger partial charge in [0.1, 0.15) is 17.8 Å². The Balaban J connectivity index is 0.919. The van der Waals surface area contributed by atoms with Gasteiger partial charge >= 0.3 is 0 Å². The molecule has 0 saturated heterocycles. The number of nitrogens with one attached hydrogen (secondary N) is 1. The first-order chi connectivity index (χ1) is 24.6. The van der Waals surface area contributed by atoms with E-state index in [1.165, 1.54) is 11.9 Å². The Morgan fingerprint density at radius 3 is 2.30 bits per heavy atom. The number of carbonyl (C=O) groups excluding carboxylic acids is 1. The number of aromatic amines is 1. The third kappa shape index (κ3) is 9.23. The average molecular weight is 686 g/mol. The lowest BCUT2D eigenvalue weighted by molar-refractivity contribution is -0.133. The zero-order valence-electron chi connectivity index (χ0n) is 28.8. The molecule has 266 valence electrons. The van der Waals surface area contributed by atoms with Crippen molar-refractivity contribution in [1.29, 1.82) is 0 Å². The number of hydrogen-bond donors (Lipinski definition) is 2. The number of carbonyl (C=O) groups is 1. The van der Waals surface area contributed by atoms with E-state index in [1.807, 2.05) is 34.0 Å². The first kappa shape index (κ1) is 35.4. The predicted octanol–water partition coefficient (Wildman–Crippen LogP) is 4.37. The maximum Gasteiger partial charge on any atom is 0.225 e. The highest BCUT2D eigenvalue weighted by Crippen LogP contribution is 2.32. The van der Waals surface area contributed by atoms with Crippen molar-refractivity contribution in [1.82, 2.24) is 29.6 Å². The lowest BCUT2D eigenvalue weighted by Gasteiger charge is -2.29. The second kappa shape index (κ2) is 18.0. The second-order valence-electron chi connectivity index (χ2n) is 12.2. The molecule has 1 aliphatic rings. The van der Waals surface area contributed by atoms with Crippen molar-refractivity contribution >= 4 is 33.7 Å². The first-order valence-electron chi connectivity index (χ1n) is 17.4. The van der Waals surface area contributed by atoms with E-state index in [4.69, 9.17) is 34.5 Å². The zero-order chi connectivity index (χ0) is 34.5. The number of anilines is 1. The van der Waals surface area contributed by atoms with Crippen LogP contribution >= 0.6 is 0 Å². The molecule has 5 aromatic rings. The number of hydrogen-bond acceptors (Lipinski definition) is 10. The molecule has 13 nitrogen and oxygen atoms in total. The number of fused-ring (bicyclic) bond motifs is 3. The molecule has 0 fully saturated rings. The molecule has 0 aliphatic carbocycles. The van der Waals surface area contributed by atoms with Crippen molar-refractivity contribution < 1.29 is 28.5 Å². The van der Waals surface area contributed by atoms with E-state index >= 15 is 0 Å². The second-order valence-corrected chi connectivity index (χ2v) is 12.2. The van der Waals surface area contributed by atoms with Gasteiger partial charge in [-0.2, -0.15) is 5.10 Å². The number of nitrogen functional groups attached to an aromatic ring is 1. The van der Waals surface area contributed by atoms with Crippen molar-refractivity contribution in [2.75, 3.05) is 78.3 Å². The molecule has 6 rings (SSSR count). The van der Waals surface area contributed by atoms with E-state index in [1.54, 1.807) is 0 Å². The maximum absolute atomic E-state index is 12.9. The number of H-pyrrole nitrogens is 1. The number of aromatic nitrogens is 5. The van der Waals surface area contributed by atoms with E-state index in [0.717, 1.165) is 58.1 Å². The van der Waals surface area contributed by atoms with Gasteiger partial charge in [-0.15, -0.1) is 0 Å². The van der Waals surface area contributed by atoms with Crippen LogP contribution in [0.15, 0.2) is 55.0 Å². The Bertz CT molecular complexity index is 1840. The molecule has 1 amide bonds. The van der Waals surface area contributed by atoms with Gasteiger partial charge in [-0.3, -0.25) is 4.79 Å². The van der Waals surface area contributed by atoms with E-state index < -0.39 is 0 Å². The number of nitrogens with two attached hydrogens (primary N) is 1. The average Bonchev–Trinajstić information content (AvgIpc) is 3.76. The molecule has 1 aliphatic heterocycles. The molecular formula is C37H47N7O6. The SMILES string of the molecule is CCCOCCOCCOCCOCCOCCC(=O)N1CCc2cc(Cn3nc(-c4ccc5[nH]ccc5c4)c4c(N)ncnc43)ccc2C1. The molecule has 0 atom stereocenters. The van der Waals surface area contributed by atoms with Crippen LogP contribution < -0.4 is 5.73 Å². The van der Waals surface area contributed by atoms with Gasteiger partial charge in [0.2, 0.25) is 5.91 Å². The van der Waals surface area contributed by atoms with Crippen molar-refractivity contribution in [3.63, 3.8) is 0 Å². The van der Waals surface area contributed by atoms with Crippen molar-refractivity contribution in [2.24, 2.45) is 0 Å². The van der Waals surface area contributed by atoms with Crippen LogP contribution in [0.1, 0.15) is 36.5 Å². The maximum atomic E-state index is 12.9. The lowest BCUT2D eigenvalue weighted by Crippen LogP contribution is -2.36. The molecule has 50 heavy (non-hydrogen) atoms. The molecule has 2 aromatic carbocycles. The molecule has 4 heterocycles. The van der Waals surface area contributed by atoms with Gasteiger partial charge in [0, 0.05) is 42.4 Å². The standard InChI is InChI=1S/C37H47N7O6/c1-2-12-46-14-16-48-18-20-50-21-19-49-17-15-47-13-9-33(45)43-11-8-28-22-27(3-4-31(28)25-43)24-44-37-34(36(38)40-26-41-37)35(42-44)30-5-6-32-29(23-30)7-10-39-32/h3-7,10,22-23,26,39H,2,8-9,11-21,24-25H2,1H3,(H2,38,40,41). The molecule has 0 bridgehead atoms. The highest BCUT2D eigenvalue weighted by Gasteiger charge is 2.22. The zero-order valence-corrected chi connectivity index (χ0v) is 28.8. The van der Waals surface area contributed by atoms with Gasteiger partial charge in [0.15, 0.2) is 5.65 Å². The fourth-order valence-electron chi connectivity index (χ4n) is 6.08. The summed E-state index contributed by atoms with van der Waals surface area (Å²) in [6, 6.07) is 14.7. The Morgan fingerprint density at radius 1 is 0.840 bits per heavy atom. The van der Waals surface area contributed by atoms with Gasteiger partial charge in [0.25, 0.3) is 0 Å². The van der Waals surface area contributed by atoms with Crippen LogP contribution in [0, 0.1) is 0 Å². The quantitative estimate of drug-likeness (QED) is 0.113. The van der Waals surface area contributed by atoms with Gasteiger partial charge in [-0.1, -0.05) is 31.2 Å². The fraction of sp³-hybridized carbons (Fsp3) is 0.459. The monoisotopic (exact) mass is 685 g/mol. The summed E-state index contributed by atoms with van der Waals surface area (Å²) in [6.45, 7) is 9.18. The lowest BCUT2D eigenvalue weighted by atomic mass is 9.97. The van der Waals surface area contributed by atoms with E-state index in [0.29, 0.717) is 97.0 Å². The normalized spacial score (nSPS) is 13.0. The summed E-state index contributed by atoms with van der Waals surface area (Å²) < 4.78 is 29.4. The molecular weight excluding hydrogens is 638 g/mol. The van der Waals surface area contributed by atoms with Gasteiger partial charge < -0.3 is 39.3 Å². The summed E-state index contributed by atoms with van der Waals surface area (Å²) in [5, 5.41) is 6.82. The number of nitrogens with zero attached hydrogens (tertiary/aromatic N) is 5. The van der Waals surface area contributed by atoms with Crippen molar-refractivity contribution in [2.45, 2.75) is 39.3 Å². The number of ether oxygens (including phenoxy) is 5. The molecule has 0 radical (unpaired) electrons. The molecule has 0 spiro atoms. The Kier molecular flexibility index (Phi) is 12.8. The molecule has 3 aromatic heterocycles. The Morgan fingerprint density at radius 2 is 1.56 bits per heavy atom. The molecule has 0 saturated carbocycles. The summed E-state index contributed by atoms with van der Waals surface area (Å²) in [5.41, 5.74) is 13.3. The summed E-state index contributed by atoms with van der Waals surface area (Å²) in [6.07, 6.45) is 5.56. The Labute approximate surface area is 292 Å². The molecule has 3 N–H and O–H groups in total. The van der Waals surface area contributed by atoms with Gasteiger partial charge in [0.05, 0.1) is 77.8 Å². The fourth-order valence-corrected chi connectivity index (χ4v) is 6.08. The highest BCUT2D eigenvalue weighted by molar-refractivity contribution is 5.99. The summed E-state index contributed by atoms with van der Waals surface area (Å²) >= 11 is 0. The smallest absolute Gasteiger partial charge is 0.225 e. The van der Waals surface area contributed by atoms with Crippen molar-refractivity contribution in [3.05, 3.63) is 71.7 Å². The molecule has 0 unspecified atom stereocenters. The van der Waals surface area contributed by atoms with Gasteiger partial charge in [-0.25, -0.2) is 14.6 Å². The van der Waals surface area contributed by atoms with Crippen LogP contribution in [0.4, 0.5) is 5.82 Å². The van der Waals surface area contributed by atoms with Crippen LogP contribution in [0.5, 0.6) is 0 Å². The first-order valence-corrected chi connectivity index (χ1v) is 17.4.